The molecule has 2 nitrogen and oxygen atoms in total. The van der Waals surface area contributed by atoms with E-state index in [1.54, 1.807) is 0 Å². The predicted molar refractivity (Wildman–Crippen MR) is 69.3 cm³/mol. The second-order valence-electron chi connectivity index (χ2n) is 4.13. The lowest BCUT2D eigenvalue weighted by Crippen LogP contribution is -2.29. The molecule has 18 heavy (non-hydrogen) atoms. The molecule has 0 amide bonds. The summed E-state index contributed by atoms with van der Waals surface area (Å²) in [5, 5.41) is 0. The number of aryl methyl sites for hydroxylation is 2. The normalized spacial score (nSPS) is 12.7. The molecule has 0 saturated carbocycles. The zero-order valence-corrected chi connectivity index (χ0v) is 10.9. The molecule has 1 unspecified atom stereocenters. The summed E-state index contributed by atoms with van der Waals surface area (Å²) >= 11 is 1.52. The Morgan fingerprint density at radius 1 is 1.28 bits per heavy atom. The quantitative estimate of drug-likeness (QED) is 0.662. The maximum Gasteiger partial charge on any atom is 0.164 e. The molecule has 1 atom stereocenters. The summed E-state index contributed by atoms with van der Waals surface area (Å²) in [6, 6.07) is 5.52. The Morgan fingerprint density at radius 2 is 2.00 bits per heavy atom. The third kappa shape index (κ3) is 2.29. The molecule has 0 bridgehead atoms. The van der Waals surface area contributed by atoms with E-state index < -0.39 is 17.7 Å². The molecule has 5 heteroatoms. The summed E-state index contributed by atoms with van der Waals surface area (Å²) in [6.07, 6.45) is 0. The van der Waals surface area contributed by atoms with Crippen molar-refractivity contribution < 1.29 is 8.78 Å². The first-order chi connectivity index (χ1) is 8.54. The van der Waals surface area contributed by atoms with Gasteiger partial charge in [-0.3, -0.25) is 5.84 Å². The van der Waals surface area contributed by atoms with Crippen LogP contribution in [-0.2, 0) is 0 Å². The third-order valence-electron chi connectivity index (χ3n) is 2.93. The van der Waals surface area contributed by atoms with Crippen molar-refractivity contribution in [1.29, 1.82) is 0 Å². The standard InChI is InChI=1S/C13H14F2N2S/c1-7-6-11(18-8(7)2)13(17-16)9-4-3-5-10(14)12(9)15/h3-6,13,17H,16H2,1-2H3. The maximum atomic E-state index is 13.8. The molecule has 3 N–H and O–H groups in total. The van der Waals surface area contributed by atoms with Crippen molar-refractivity contribution in [2.75, 3.05) is 0 Å². The van der Waals surface area contributed by atoms with Crippen LogP contribution in [0.5, 0.6) is 0 Å². The highest BCUT2D eigenvalue weighted by Gasteiger charge is 2.20. The number of hydrazine groups is 1. The minimum Gasteiger partial charge on any atom is -0.271 e. The highest BCUT2D eigenvalue weighted by molar-refractivity contribution is 7.12. The summed E-state index contributed by atoms with van der Waals surface area (Å²) in [6.45, 7) is 3.96. The van der Waals surface area contributed by atoms with Crippen LogP contribution in [0, 0.1) is 25.5 Å². The number of hydrogen-bond donors (Lipinski definition) is 2. The molecule has 96 valence electrons. The average Bonchev–Trinajstić information content (AvgIpc) is 2.66. The molecule has 1 aromatic heterocycles. The number of benzene rings is 1. The first kappa shape index (κ1) is 13.1. The molecule has 0 spiro atoms. The Morgan fingerprint density at radius 3 is 2.56 bits per heavy atom. The van der Waals surface area contributed by atoms with E-state index in [4.69, 9.17) is 5.84 Å². The molecular weight excluding hydrogens is 254 g/mol. The lowest BCUT2D eigenvalue weighted by Gasteiger charge is -2.15. The second kappa shape index (κ2) is 5.14. The van der Waals surface area contributed by atoms with Crippen molar-refractivity contribution in [1.82, 2.24) is 5.43 Å². The van der Waals surface area contributed by atoms with Crippen LogP contribution in [0.1, 0.15) is 26.9 Å². The van der Waals surface area contributed by atoms with Crippen LogP contribution in [0.25, 0.3) is 0 Å². The summed E-state index contributed by atoms with van der Waals surface area (Å²) in [5.74, 6) is 3.76. The van der Waals surface area contributed by atoms with Gasteiger partial charge in [-0.25, -0.2) is 14.2 Å². The van der Waals surface area contributed by atoms with E-state index >= 15 is 0 Å². The predicted octanol–water partition coefficient (Wildman–Crippen LogP) is 3.20. The molecule has 0 saturated heterocycles. The number of halogens is 2. The van der Waals surface area contributed by atoms with Gasteiger partial charge in [0.25, 0.3) is 0 Å². The van der Waals surface area contributed by atoms with Gasteiger partial charge in [0, 0.05) is 15.3 Å². The highest BCUT2D eigenvalue weighted by Crippen LogP contribution is 2.31. The second-order valence-corrected chi connectivity index (χ2v) is 5.42. The van der Waals surface area contributed by atoms with Crippen LogP contribution in [-0.4, -0.2) is 0 Å². The van der Waals surface area contributed by atoms with Crippen LogP contribution in [0.2, 0.25) is 0 Å². The van der Waals surface area contributed by atoms with Gasteiger partial charge < -0.3 is 0 Å². The summed E-state index contributed by atoms with van der Waals surface area (Å²) in [4.78, 5) is 2.01. The first-order valence-corrected chi connectivity index (χ1v) is 6.33. The van der Waals surface area contributed by atoms with Crippen molar-refractivity contribution in [2.24, 2.45) is 5.84 Å². The van der Waals surface area contributed by atoms with Crippen molar-refractivity contribution in [3.63, 3.8) is 0 Å². The van der Waals surface area contributed by atoms with Crippen LogP contribution < -0.4 is 11.3 Å². The van der Waals surface area contributed by atoms with Crippen LogP contribution in [0.3, 0.4) is 0 Å². The summed E-state index contributed by atoms with van der Waals surface area (Å²) in [7, 11) is 0. The van der Waals surface area contributed by atoms with Crippen molar-refractivity contribution >= 4 is 11.3 Å². The highest BCUT2D eigenvalue weighted by atomic mass is 32.1. The van der Waals surface area contributed by atoms with Crippen molar-refractivity contribution in [3.8, 4) is 0 Å². The van der Waals surface area contributed by atoms with Gasteiger partial charge in [-0.2, -0.15) is 0 Å². The SMILES string of the molecule is Cc1cc(C(NN)c2cccc(F)c2F)sc1C. The topological polar surface area (TPSA) is 38.0 Å². The Labute approximate surface area is 108 Å². The molecule has 0 aliphatic carbocycles. The fourth-order valence-electron chi connectivity index (χ4n) is 1.81. The molecule has 1 aromatic carbocycles. The fourth-order valence-corrected chi connectivity index (χ4v) is 2.93. The molecular formula is C13H14F2N2S. The van der Waals surface area contributed by atoms with Gasteiger partial charge in [0.05, 0.1) is 6.04 Å². The Balaban J connectivity index is 2.48. The number of thiophene rings is 1. The summed E-state index contributed by atoms with van der Waals surface area (Å²) < 4.78 is 27.0. The lowest BCUT2D eigenvalue weighted by atomic mass is 10.0. The first-order valence-electron chi connectivity index (χ1n) is 5.51. The van der Waals surface area contributed by atoms with Crippen molar-refractivity contribution in [3.05, 3.63) is 56.8 Å². The number of hydrogen-bond acceptors (Lipinski definition) is 3. The van der Waals surface area contributed by atoms with E-state index in [0.29, 0.717) is 0 Å². The smallest absolute Gasteiger partial charge is 0.164 e. The minimum atomic E-state index is -0.863. The fraction of sp³-hybridized carbons (Fsp3) is 0.231. The van der Waals surface area contributed by atoms with Crippen LogP contribution >= 0.6 is 11.3 Å². The minimum absolute atomic E-state index is 0.221. The zero-order valence-electron chi connectivity index (χ0n) is 10.1. The van der Waals surface area contributed by atoms with E-state index in [1.165, 1.54) is 23.5 Å². The van der Waals surface area contributed by atoms with Gasteiger partial charge in [0.1, 0.15) is 0 Å². The van der Waals surface area contributed by atoms with E-state index in [2.05, 4.69) is 5.43 Å². The van der Waals surface area contributed by atoms with Crippen LogP contribution in [0.15, 0.2) is 24.3 Å². The molecule has 0 fully saturated rings. The van der Waals surface area contributed by atoms with Gasteiger partial charge in [0.2, 0.25) is 0 Å². The summed E-state index contributed by atoms with van der Waals surface area (Å²) in [5.41, 5.74) is 3.89. The van der Waals surface area contributed by atoms with Crippen molar-refractivity contribution in [2.45, 2.75) is 19.9 Å². The molecule has 2 rings (SSSR count). The number of nitrogens with two attached hydrogens (primary N) is 1. The molecule has 2 aromatic rings. The average molecular weight is 268 g/mol. The Hall–Kier alpha value is -1.30. The van der Waals surface area contributed by atoms with Gasteiger partial charge in [-0.1, -0.05) is 12.1 Å². The van der Waals surface area contributed by atoms with E-state index in [1.807, 2.05) is 19.9 Å². The molecule has 0 aliphatic heterocycles. The van der Waals surface area contributed by atoms with Gasteiger partial charge in [0.15, 0.2) is 11.6 Å². The lowest BCUT2D eigenvalue weighted by molar-refractivity contribution is 0.484. The third-order valence-corrected chi connectivity index (χ3v) is 4.15. The Kier molecular flexibility index (Phi) is 3.75. The van der Waals surface area contributed by atoms with Gasteiger partial charge in [-0.15, -0.1) is 11.3 Å². The number of nitrogens with one attached hydrogen (secondary N) is 1. The van der Waals surface area contributed by atoms with E-state index in [-0.39, 0.29) is 5.56 Å². The maximum absolute atomic E-state index is 13.8. The largest absolute Gasteiger partial charge is 0.271 e. The Bertz CT molecular complexity index is 547. The van der Waals surface area contributed by atoms with Crippen LogP contribution in [0.4, 0.5) is 8.78 Å². The van der Waals surface area contributed by atoms with Gasteiger partial charge in [-0.05, 0) is 31.5 Å². The van der Waals surface area contributed by atoms with E-state index in [9.17, 15) is 8.78 Å². The van der Waals surface area contributed by atoms with Gasteiger partial charge >= 0.3 is 0 Å². The molecule has 0 aliphatic rings. The number of rotatable bonds is 3. The molecule has 0 radical (unpaired) electrons. The monoisotopic (exact) mass is 268 g/mol. The molecule has 1 heterocycles. The van der Waals surface area contributed by atoms with E-state index in [0.717, 1.165) is 21.4 Å². The zero-order chi connectivity index (χ0) is 13.3.